The molecule has 3 N–H and O–H groups in total. The monoisotopic (exact) mass is 334 g/mol. The van der Waals surface area contributed by atoms with Gasteiger partial charge in [0, 0.05) is 29.5 Å². The number of nitrogens with one attached hydrogen (secondary N) is 1. The SMILES string of the molecule is NC1CC2COCC(C1)C2Oc1cc2cc[nH]c(=O)c2cc1Cl. The standard InChI is InChI=1S/C17H19ClN2O3/c18-14-6-13-9(1-2-20-17(13)21)5-15(14)23-16-10-3-12(19)4-11(16)8-22-7-10/h1-2,5-6,10-12,16H,3-4,7-8,19H2,(H,20,21). The summed E-state index contributed by atoms with van der Waals surface area (Å²) in [5.41, 5.74) is 5.98. The Balaban J connectivity index is 1.67. The zero-order chi connectivity index (χ0) is 16.0. The summed E-state index contributed by atoms with van der Waals surface area (Å²) in [5.74, 6) is 1.22. The minimum atomic E-state index is -0.148. The van der Waals surface area contributed by atoms with Crippen LogP contribution in [-0.2, 0) is 4.74 Å². The molecule has 2 fully saturated rings. The van der Waals surface area contributed by atoms with Crippen molar-refractivity contribution in [2.24, 2.45) is 17.6 Å². The molecule has 122 valence electrons. The lowest BCUT2D eigenvalue weighted by Crippen LogP contribution is -2.52. The number of fused-ring (bicyclic) bond motifs is 3. The van der Waals surface area contributed by atoms with Crippen LogP contribution in [0.2, 0.25) is 5.02 Å². The summed E-state index contributed by atoms with van der Waals surface area (Å²) >= 11 is 6.35. The molecule has 1 saturated heterocycles. The molecular weight excluding hydrogens is 316 g/mol. The molecule has 1 aromatic carbocycles. The van der Waals surface area contributed by atoms with Gasteiger partial charge in [-0.25, -0.2) is 0 Å². The second kappa shape index (κ2) is 5.82. The van der Waals surface area contributed by atoms with E-state index >= 15 is 0 Å². The highest BCUT2D eigenvalue weighted by atomic mass is 35.5. The van der Waals surface area contributed by atoms with Gasteiger partial charge in [0.25, 0.3) is 5.56 Å². The average molecular weight is 335 g/mol. The molecule has 0 radical (unpaired) electrons. The highest BCUT2D eigenvalue weighted by molar-refractivity contribution is 6.32. The lowest BCUT2D eigenvalue weighted by Gasteiger charge is -2.44. The number of halogens is 1. The number of nitrogens with two attached hydrogens (primary N) is 1. The molecule has 2 heterocycles. The van der Waals surface area contributed by atoms with Crippen molar-refractivity contribution in [2.75, 3.05) is 13.2 Å². The van der Waals surface area contributed by atoms with Crippen molar-refractivity contribution in [3.05, 3.63) is 39.8 Å². The van der Waals surface area contributed by atoms with Gasteiger partial charge in [-0.1, -0.05) is 11.6 Å². The topological polar surface area (TPSA) is 77.3 Å². The highest BCUT2D eigenvalue weighted by Crippen LogP contribution is 2.38. The molecule has 2 aromatic rings. The fraction of sp³-hybridized carbons (Fsp3) is 0.471. The third-order valence-electron chi connectivity index (χ3n) is 4.89. The van der Waals surface area contributed by atoms with Gasteiger partial charge in [-0.3, -0.25) is 4.79 Å². The largest absolute Gasteiger partial charge is 0.488 e. The molecule has 6 heteroatoms. The van der Waals surface area contributed by atoms with Gasteiger partial charge in [-0.2, -0.15) is 0 Å². The molecule has 1 aromatic heterocycles. The minimum absolute atomic E-state index is 0.0699. The number of pyridine rings is 1. The first-order chi connectivity index (χ1) is 11.1. The van der Waals surface area contributed by atoms with E-state index in [1.165, 1.54) is 0 Å². The molecule has 1 saturated carbocycles. The van der Waals surface area contributed by atoms with Gasteiger partial charge in [0.2, 0.25) is 0 Å². The maximum absolute atomic E-state index is 11.8. The number of aromatic nitrogens is 1. The molecule has 1 aliphatic carbocycles. The number of hydrogen-bond acceptors (Lipinski definition) is 4. The molecule has 0 amide bonds. The molecule has 23 heavy (non-hydrogen) atoms. The van der Waals surface area contributed by atoms with E-state index < -0.39 is 0 Å². The van der Waals surface area contributed by atoms with Crippen molar-refractivity contribution in [2.45, 2.75) is 25.0 Å². The Morgan fingerprint density at radius 1 is 1.26 bits per heavy atom. The summed E-state index contributed by atoms with van der Waals surface area (Å²) in [6, 6.07) is 5.59. The Morgan fingerprint density at radius 3 is 2.74 bits per heavy atom. The van der Waals surface area contributed by atoms with Gasteiger partial charge >= 0.3 is 0 Å². The van der Waals surface area contributed by atoms with Crippen LogP contribution in [0.15, 0.2) is 29.2 Å². The summed E-state index contributed by atoms with van der Waals surface area (Å²) in [6.07, 6.45) is 3.52. The molecular formula is C17H19ClN2O3. The van der Waals surface area contributed by atoms with Gasteiger partial charge in [-0.05, 0) is 36.4 Å². The molecule has 0 spiro atoms. The number of aromatic amines is 1. The summed E-state index contributed by atoms with van der Waals surface area (Å²) in [4.78, 5) is 14.5. The van der Waals surface area contributed by atoms with E-state index in [4.69, 9.17) is 26.8 Å². The van der Waals surface area contributed by atoms with Crippen LogP contribution in [0, 0.1) is 11.8 Å². The first-order valence-corrected chi connectivity index (χ1v) is 8.30. The number of hydrogen-bond donors (Lipinski definition) is 2. The van der Waals surface area contributed by atoms with E-state index in [2.05, 4.69) is 4.98 Å². The average Bonchev–Trinajstić information content (AvgIpc) is 2.50. The number of H-pyrrole nitrogens is 1. The molecule has 2 bridgehead atoms. The van der Waals surface area contributed by atoms with Crippen molar-refractivity contribution in [3.63, 3.8) is 0 Å². The zero-order valence-corrected chi connectivity index (χ0v) is 13.4. The van der Waals surface area contributed by atoms with Gasteiger partial charge in [0.15, 0.2) is 0 Å². The first kappa shape index (κ1) is 15.0. The van der Waals surface area contributed by atoms with Crippen molar-refractivity contribution in [3.8, 4) is 5.75 Å². The zero-order valence-electron chi connectivity index (χ0n) is 12.6. The molecule has 2 aliphatic rings. The van der Waals surface area contributed by atoms with Gasteiger partial charge in [-0.15, -0.1) is 0 Å². The van der Waals surface area contributed by atoms with E-state index in [1.54, 1.807) is 12.3 Å². The van der Waals surface area contributed by atoms with Crippen LogP contribution in [0.5, 0.6) is 5.75 Å². The van der Waals surface area contributed by atoms with Crippen molar-refractivity contribution < 1.29 is 9.47 Å². The third-order valence-corrected chi connectivity index (χ3v) is 5.19. The van der Waals surface area contributed by atoms with Crippen molar-refractivity contribution in [1.29, 1.82) is 0 Å². The summed E-state index contributed by atoms with van der Waals surface area (Å²) in [7, 11) is 0. The molecule has 4 rings (SSSR count). The summed E-state index contributed by atoms with van der Waals surface area (Å²) in [6.45, 7) is 1.36. The normalized spacial score (nSPS) is 30.3. The molecule has 1 aliphatic heterocycles. The predicted octanol–water partition coefficient (Wildman–Crippen LogP) is 2.31. The van der Waals surface area contributed by atoms with E-state index in [0.717, 1.165) is 18.2 Å². The van der Waals surface area contributed by atoms with Crippen molar-refractivity contribution >= 4 is 22.4 Å². The van der Waals surface area contributed by atoms with Crippen LogP contribution < -0.4 is 16.0 Å². The van der Waals surface area contributed by atoms with Gasteiger partial charge < -0.3 is 20.2 Å². The number of rotatable bonds is 2. The van der Waals surface area contributed by atoms with Crippen LogP contribution in [0.25, 0.3) is 10.8 Å². The van der Waals surface area contributed by atoms with E-state index in [-0.39, 0.29) is 17.7 Å². The Morgan fingerprint density at radius 2 is 2.00 bits per heavy atom. The fourth-order valence-corrected chi connectivity index (χ4v) is 4.05. The van der Waals surface area contributed by atoms with Gasteiger partial charge in [0.05, 0.1) is 18.2 Å². The summed E-state index contributed by atoms with van der Waals surface area (Å²) in [5, 5.41) is 1.85. The Labute approximate surface area is 138 Å². The van der Waals surface area contributed by atoms with Crippen LogP contribution in [0.1, 0.15) is 12.8 Å². The maximum atomic E-state index is 11.8. The lowest BCUT2D eigenvalue weighted by atomic mass is 9.75. The quantitative estimate of drug-likeness (QED) is 0.883. The first-order valence-electron chi connectivity index (χ1n) is 7.93. The highest BCUT2D eigenvalue weighted by Gasteiger charge is 2.41. The maximum Gasteiger partial charge on any atom is 0.255 e. The molecule has 2 unspecified atom stereocenters. The van der Waals surface area contributed by atoms with Crippen LogP contribution in [0.3, 0.4) is 0 Å². The van der Waals surface area contributed by atoms with E-state index in [0.29, 0.717) is 41.2 Å². The van der Waals surface area contributed by atoms with E-state index in [9.17, 15) is 4.79 Å². The smallest absolute Gasteiger partial charge is 0.255 e. The Kier molecular flexibility index (Phi) is 3.79. The Bertz CT molecular complexity index is 777. The van der Waals surface area contributed by atoms with Crippen LogP contribution in [-0.4, -0.2) is 30.3 Å². The Hall–Kier alpha value is -1.56. The second-order valence-electron chi connectivity index (χ2n) is 6.55. The summed E-state index contributed by atoms with van der Waals surface area (Å²) < 4.78 is 11.9. The number of benzene rings is 1. The van der Waals surface area contributed by atoms with E-state index in [1.807, 2.05) is 12.1 Å². The predicted molar refractivity (Wildman–Crippen MR) is 89.0 cm³/mol. The van der Waals surface area contributed by atoms with Gasteiger partial charge in [0.1, 0.15) is 11.9 Å². The van der Waals surface area contributed by atoms with Crippen molar-refractivity contribution in [1.82, 2.24) is 4.98 Å². The lowest BCUT2D eigenvalue weighted by molar-refractivity contribution is -0.0947. The van der Waals surface area contributed by atoms with Crippen LogP contribution >= 0.6 is 11.6 Å². The molecule has 5 nitrogen and oxygen atoms in total. The minimum Gasteiger partial charge on any atom is -0.488 e. The fourth-order valence-electron chi connectivity index (χ4n) is 3.84. The second-order valence-corrected chi connectivity index (χ2v) is 6.96. The molecule has 2 atom stereocenters. The third kappa shape index (κ3) is 2.73. The number of ether oxygens (including phenoxy) is 2. The van der Waals surface area contributed by atoms with Crippen LogP contribution in [0.4, 0.5) is 0 Å².